The van der Waals surface area contributed by atoms with Crippen molar-refractivity contribution in [3.05, 3.63) is 70.7 Å². The number of piperidine rings is 1. The van der Waals surface area contributed by atoms with Gasteiger partial charge in [0.25, 0.3) is 0 Å². The van der Waals surface area contributed by atoms with Gasteiger partial charge in [0.1, 0.15) is 11.3 Å². The molecular formula is C22H22N2OS. The fourth-order valence-electron chi connectivity index (χ4n) is 3.69. The number of aldehydes is 1. The third-order valence-electron chi connectivity index (χ3n) is 5.00. The lowest BCUT2D eigenvalue weighted by Crippen LogP contribution is -2.29. The number of para-hydroxylation sites is 1. The van der Waals surface area contributed by atoms with Crippen molar-refractivity contribution < 1.29 is 4.79 Å². The van der Waals surface area contributed by atoms with Gasteiger partial charge >= 0.3 is 0 Å². The Morgan fingerprint density at radius 1 is 1.08 bits per heavy atom. The average Bonchev–Trinajstić information content (AvgIpc) is 3.12. The molecule has 0 atom stereocenters. The summed E-state index contributed by atoms with van der Waals surface area (Å²) < 4.78 is 1.18. The molecule has 4 heteroatoms. The highest BCUT2D eigenvalue weighted by molar-refractivity contribution is 7.19. The van der Waals surface area contributed by atoms with Crippen molar-refractivity contribution in [2.24, 2.45) is 5.92 Å². The molecule has 3 nitrogen and oxygen atoms in total. The van der Waals surface area contributed by atoms with Crippen LogP contribution in [0.1, 0.15) is 23.4 Å². The molecule has 4 rings (SSSR count). The Bertz CT molecular complexity index is 890. The predicted octanol–water partition coefficient (Wildman–Crippen LogP) is 4.49. The van der Waals surface area contributed by atoms with Crippen molar-refractivity contribution in [1.29, 1.82) is 0 Å². The highest BCUT2D eigenvalue weighted by Crippen LogP contribution is 2.37. The van der Waals surface area contributed by atoms with E-state index < -0.39 is 0 Å². The quantitative estimate of drug-likeness (QED) is 0.537. The maximum absolute atomic E-state index is 12.1. The molecule has 1 aliphatic heterocycles. The smallest absolute Gasteiger partial charge is 0.146 e. The lowest BCUT2D eigenvalue weighted by Gasteiger charge is -2.26. The zero-order chi connectivity index (χ0) is 17.8. The van der Waals surface area contributed by atoms with Crippen LogP contribution in [-0.2, 0) is 11.2 Å². The molecule has 0 radical (unpaired) electrons. The lowest BCUT2D eigenvalue weighted by atomic mass is 9.85. The van der Waals surface area contributed by atoms with Crippen molar-refractivity contribution >= 4 is 33.4 Å². The summed E-state index contributed by atoms with van der Waals surface area (Å²) in [7, 11) is 0. The highest BCUT2D eigenvalue weighted by Gasteiger charge is 2.25. The van der Waals surface area contributed by atoms with Crippen LogP contribution in [-0.4, -0.2) is 24.4 Å². The van der Waals surface area contributed by atoms with Gasteiger partial charge in [0, 0.05) is 12.0 Å². The molecule has 0 unspecified atom stereocenters. The fraction of sp³-hybridized carbons (Fsp3) is 0.273. The monoisotopic (exact) mass is 362 g/mol. The number of nitrogens with one attached hydrogen (secondary N) is 1. The van der Waals surface area contributed by atoms with Gasteiger partial charge in [0.15, 0.2) is 0 Å². The molecule has 26 heavy (non-hydrogen) atoms. The largest absolute Gasteiger partial charge is 0.317 e. The van der Waals surface area contributed by atoms with E-state index in [9.17, 15) is 4.79 Å². The Balaban J connectivity index is 1.81. The Hall–Kier alpha value is -2.30. The van der Waals surface area contributed by atoms with E-state index >= 15 is 0 Å². The fourth-order valence-corrected chi connectivity index (χ4v) is 4.81. The molecule has 1 fully saturated rings. The summed E-state index contributed by atoms with van der Waals surface area (Å²) in [6.45, 7) is 1.99. The first-order valence-corrected chi connectivity index (χ1v) is 9.95. The highest BCUT2D eigenvalue weighted by atomic mass is 32.1. The first-order chi connectivity index (χ1) is 12.8. The van der Waals surface area contributed by atoms with Crippen LogP contribution in [0.25, 0.3) is 15.8 Å². The maximum atomic E-state index is 12.1. The summed E-state index contributed by atoms with van der Waals surface area (Å²) in [5, 5.41) is 4.44. The number of allylic oxidation sites excluding steroid dienone is 2. The van der Waals surface area contributed by atoms with E-state index in [4.69, 9.17) is 4.98 Å². The minimum atomic E-state index is 0.390. The number of thiazole rings is 1. The lowest BCUT2D eigenvalue weighted by molar-refractivity contribution is -0.105. The summed E-state index contributed by atoms with van der Waals surface area (Å²) in [4.78, 5) is 17.0. The van der Waals surface area contributed by atoms with Gasteiger partial charge in [-0.1, -0.05) is 42.5 Å². The van der Waals surface area contributed by atoms with E-state index in [1.807, 2.05) is 36.4 Å². The molecule has 0 saturated carbocycles. The van der Waals surface area contributed by atoms with E-state index in [0.717, 1.165) is 53.9 Å². The second-order valence-electron chi connectivity index (χ2n) is 6.73. The predicted molar refractivity (Wildman–Crippen MR) is 108 cm³/mol. The van der Waals surface area contributed by atoms with Gasteiger partial charge < -0.3 is 5.32 Å². The number of fused-ring (bicyclic) bond motifs is 1. The van der Waals surface area contributed by atoms with Crippen molar-refractivity contribution in [2.45, 2.75) is 19.3 Å². The molecule has 132 valence electrons. The zero-order valence-electron chi connectivity index (χ0n) is 14.7. The van der Waals surface area contributed by atoms with Gasteiger partial charge in [0.05, 0.1) is 10.2 Å². The number of hydrogen-bond acceptors (Lipinski definition) is 4. The topological polar surface area (TPSA) is 42.0 Å². The molecular weight excluding hydrogens is 340 g/mol. The number of hydrogen-bond donors (Lipinski definition) is 1. The molecule has 0 spiro atoms. The van der Waals surface area contributed by atoms with Crippen molar-refractivity contribution in [3.8, 4) is 0 Å². The normalized spacial score (nSPS) is 16.5. The minimum Gasteiger partial charge on any atom is -0.317 e. The third-order valence-corrected chi connectivity index (χ3v) is 6.07. The Labute approximate surface area is 157 Å². The Morgan fingerprint density at radius 3 is 2.54 bits per heavy atom. The molecule has 2 aromatic carbocycles. The molecule has 0 aliphatic carbocycles. The second kappa shape index (κ2) is 7.94. The van der Waals surface area contributed by atoms with Crippen LogP contribution in [0.2, 0.25) is 0 Å². The summed E-state index contributed by atoms with van der Waals surface area (Å²) in [6.07, 6.45) is 3.82. The first-order valence-electron chi connectivity index (χ1n) is 9.14. The van der Waals surface area contributed by atoms with Crippen molar-refractivity contribution in [1.82, 2.24) is 10.3 Å². The van der Waals surface area contributed by atoms with Gasteiger partial charge in [-0.05, 0) is 55.1 Å². The van der Waals surface area contributed by atoms with Gasteiger partial charge in [-0.15, -0.1) is 11.3 Å². The second-order valence-corrected chi connectivity index (χ2v) is 7.76. The van der Waals surface area contributed by atoms with Crippen LogP contribution in [0.5, 0.6) is 0 Å². The van der Waals surface area contributed by atoms with Crippen LogP contribution in [0.15, 0.2) is 60.2 Å². The molecule has 3 aromatic rings. The zero-order valence-corrected chi connectivity index (χ0v) is 15.5. The molecule has 1 N–H and O–H groups in total. The standard InChI is InChI=1S/C22H22N2OS/c25-15-18(14-16-6-2-1-3-7-16)21(17-10-12-23-13-11-17)22-24-19-8-4-5-9-20(19)26-22/h1-9,15,17,23H,10-14H2. The molecule has 0 bridgehead atoms. The van der Waals surface area contributed by atoms with Gasteiger partial charge in [-0.3, -0.25) is 4.79 Å². The van der Waals surface area contributed by atoms with E-state index in [0.29, 0.717) is 12.3 Å². The Morgan fingerprint density at radius 2 is 1.81 bits per heavy atom. The van der Waals surface area contributed by atoms with E-state index in [1.54, 1.807) is 11.3 Å². The minimum absolute atomic E-state index is 0.390. The number of carbonyl (C=O) groups excluding carboxylic acids is 1. The number of nitrogens with zero attached hydrogens (tertiary/aromatic N) is 1. The summed E-state index contributed by atoms with van der Waals surface area (Å²) >= 11 is 1.71. The SMILES string of the molecule is O=CC(Cc1ccccc1)=C(c1nc2ccccc2s1)C1CCNCC1. The molecule has 1 aromatic heterocycles. The molecule has 1 saturated heterocycles. The van der Waals surface area contributed by atoms with Crippen molar-refractivity contribution in [2.75, 3.05) is 13.1 Å². The van der Waals surface area contributed by atoms with Gasteiger partial charge in [-0.2, -0.15) is 0 Å². The van der Waals surface area contributed by atoms with E-state index in [-0.39, 0.29) is 0 Å². The van der Waals surface area contributed by atoms with Crippen LogP contribution < -0.4 is 5.32 Å². The first kappa shape index (κ1) is 17.1. The summed E-state index contributed by atoms with van der Waals surface area (Å²) in [6, 6.07) is 18.5. The average molecular weight is 362 g/mol. The third kappa shape index (κ3) is 3.62. The van der Waals surface area contributed by atoms with Crippen LogP contribution in [0.4, 0.5) is 0 Å². The maximum Gasteiger partial charge on any atom is 0.146 e. The van der Waals surface area contributed by atoms with Gasteiger partial charge in [-0.25, -0.2) is 4.98 Å². The van der Waals surface area contributed by atoms with E-state index in [1.165, 1.54) is 10.3 Å². The Kier molecular flexibility index (Phi) is 5.23. The number of aromatic nitrogens is 1. The van der Waals surface area contributed by atoms with E-state index in [2.05, 4.69) is 23.5 Å². The number of carbonyl (C=O) groups is 1. The van der Waals surface area contributed by atoms with Crippen LogP contribution in [0, 0.1) is 5.92 Å². The van der Waals surface area contributed by atoms with Crippen LogP contribution in [0.3, 0.4) is 0 Å². The number of rotatable bonds is 5. The molecule has 1 aliphatic rings. The summed E-state index contributed by atoms with van der Waals surface area (Å²) in [5.41, 5.74) is 4.22. The molecule has 2 heterocycles. The van der Waals surface area contributed by atoms with Crippen LogP contribution >= 0.6 is 11.3 Å². The number of benzene rings is 2. The van der Waals surface area contributed by atoms with Gasteiger partial charge in [0.2, 0.25) is 0 Å². The molecule has 0 amide bonds. The summed E-state index contributed by atoms with van der Waals surface area (Å²) in [5.74, 6) is 0.390. The van der Waals surface area contributed by atoms with Crippen molar-refractivity contribution in [3.63, 3.8) is 0 Å².